The van der Waals surface area contributed by atoms with Gasteiger partial charge in [0, 0.05) is 56.0 Å². The molecular formula is C31H31N3O3. The summed E-state index contributed by atoms with van der Waals surface area (Å²) in [6.45, 7) is 4.12. The summed E-state index contributed by atoms with van der Waals surface area (Å²) in [7, 11) is 0. The van der Waals surface area contributed by atoms with Crippen LogP contribution >= 0.6 is 0 Å². The van der Waals surface area contributed by atoms with Crippen LogP contribution in [0.3, 0.4) is 0 Å². The van der Waals surface area contributed by atoms with Crippen LogP contribution in [-0.2, 0) is 16.9 Å². The second-order valence-electron chi connectivity index (χ2n) is 9.99. The number of ether oxygens (including phenoxy) is 1. The number of carbonyl (C=O) groups excluding carboxylic acids is 2. The highest BCUT2D eigenvalue weighted by Crippen LogP contribution is 2.45. The number of fused-ring (bicyclic) bond motifs is 1. The molecule has 6 heteroatoms. The number of amides is 2. The lowest BCUT2D eigenvalue weighted by molar-refractivity contribution is 0.0372. The average molecular weight is 494 g/mol. The second kappa shape index (κ2) is 9.87. The van der Waals surface area contributed by atoms with Crippen molar-refractivity contribution in [3.8, 4) is 0 Å². The number of nitrogens with zero attached hydrogens (tertiary/aromatic N) is 3. The third-order valence-corrected chi connectivity index (χ3v) is 7.75. The standard InChI is InChI=1S/C31H31N3O3/c35-29(25-12-10-11-24(21-25)22-32-17-8-3-9-18-32)33-19-20-34-28(23-33)31(37-30(34)36,26-13-4-1-5-14-26)27-15-6-2-7-16-27/h1-8,10-16,21,28H,9,17-20,22-23H2. The van der Waals surface area contributed by atoms with Crippen LogP contribution in [0.25, 0.3) is 0 Å². The zero-order chi connectivity index (χ0) is 25.2. The minimum absolute atomic E-state index is 0.00517. The number of rotatable bonds is 5. The Hall–Kier alpha value is -3.90. The molecule has 3 aromatic carbocycles. The molecule has 1 unspecified atom stereocenters. The monoisotopic (exact) mass is 493 g/mol. The first-order valence-corrected chi connectivity index (χ1v) is 13.0. The van der Waals surface area contributed by atoms with Gasteiger partial charge in [0.1, 0.15) is 6.04 Å². The first-order valence-electron chi connectivity index (χ1n) is 13.0. The molecule has 0 aromatic heterocycles. The molecule has 6 nitrogen and oxygen atoms in total. The van der Waals surface area contributed by atoms with E-state index in [0.29, 0.717) is 25.2 Å². The molecule has 2 amide bonds. The van der Waals surface area contributed by atoms with E-state index in [2.05, 4.69) is 23.1 Å². The van der Waals surface area contributed by atoms with Crippen LogP contribution in [-0.4, -0.2) is 65.5 Å². The van der Waals surface area contributed by atoms with Gasteiger partial charge in [-0.1, -0.05) is 84.9 Å². The quantitative estimate of drug-likeness (QED) is 0.485. The Labute approximate surface area is 217 Å². The minimum atomic E-state index is -0.984. The van der Waals surface area contributed by atoms with E-state index in [-0.39, 0.29) is 18.0 Å². The molecule has 3 aromatic rings. The van der Waals surface area contributed by atoms with E-state index in [1.165, 1.54) is 0 Å². The van der Waals surface area contributed by atoms with E-state index in [1.54, 1.807) is 4.90 Å². The predicted molar refractivity (Wildman–Crippen MR) is 142 cm³/mol. The molecule has 6 rings (SSSR count). The van der Waals surface area contributed by atoms with E-state index < -0.39 is 5.60 Å². The summed E-state index contributed by atoms with van der Waals surface area (Å²) < 4.78 is 6.24. The van der Waals surface area contributed by atoms with Crippen molar-refractivity contribution in [2.45, 2.75) is 24.6 Å². The Bertz CT molecular complexity index is 1270. The fraction of sp³-hybridized carbons (Fsp3) is 0.290. The highest BCUT2D eigenvalue weighted by molar-refractivity contribution is 5.94. The number of benzene rings is 3. The van der Waals surface area contributed by atoms with E-state index in [0.717, 1.165) is 42.7 Å². The molecule has 188 valence electrons. The van der Waals surface area contributed by atoms with Gasteiger partial charge in [-0.3, -0.25) is 14.6 Å². The summed E-state index contributed by atoms with van der Waals surface area (Å²) in [6, 6.07) is 27.4. The molecular weight excluding hydrogens is 462 g/mol. The molecule has 0 bridgehead atoms. The summed E-state index contributed by atoms with van der Waals surface area (Å²) in [5.74, 6) is -0.00517. The Morgan fingerprint density at radius 1 is 0.865 bits per heavy atom. The molecule has 1 atom stereocenters. The molecule has 2 fully saturated rings. The van der Waals surface area contributed by atoms with Gasteiger partial charge in [-0.25, -0.2) is 4.79 Å². The smallest absolute Gasteiger partial charge is 0.411 e. The number of carbonyl (C=O) groups is 2. The third-order valence-electron chi connectivity index (χ3n) is 7.75. The van der Waals surface area contributed by atoms with Gasteiger partial charge < -0.3 is 9.64 Å². The van der Waals surface area contributed by atoms with Crippen LogP contribution in [0.5, 0.6) is 0 Å². The molecule has 0 aliphatic carbocycles. The van der Waals surface area contributed by atoms with Gasteiger partial charge in [0.25, 0.3) is 5.91 Å². The second-order valence-corrected chi connectivity index (χ2v) is 9.99. The molecule has 3 heterocycles. The Balaban J connectivity index is 1.30. The van der Waals surface area contributed by atoms with E-state index in [4.69, 9.17) is 4.74 Å². The van der Waals surface area contributed by atoms with E-state index in [9.17, 15) is 9.59 Å². The lowest BCUT2D eigenvalue weighted by Crippen LogP contribution is -2.58. The largest absolute Gasteiger partial charge is 0.431 e. The van der Waals surface area contributed by atoms with Gasteiger partial charge in [-0.15, -0.1) is 0 Å². The zero-order valence-electron chi connectivity index (χ0n) is 20.8. The highest BCUT2D eigenvalue weighted by Gasteiger charge is 2.58. The van der Waals surface area contributed by atoms with Crippen molar-refractivity contribution in [3.05, 3.63) is 119 Å². The SMILES string of the molecule is O=C(c1cccc(CN2CC=CCC2)c1)N1CCN2C(=O)OC(c3ccccc3)(c3ccccc3)C2C1. The van der Waals surface area contributed by atoms with E-state index in [1.807, 2.05) is 83.8 Å². The normalized spacial score (nSPS) is 21.0. The van der Waals surface area contributed by atoms with Crippen molar-refractivity contribution in [3.63, 3.8) is 0 Å². The van der Waals surface area contributed by atoms with Gasteiger partial charge in [0.15, 0.2) is 5.60 Å². The van der Waals surface area contributed by atoms with Gasteiger partial charge in [0.2, 0.25) is 0 Å². The number of piperazine rings is 1. The van der Waals surface area contributed by atoms with Crippen LogP contribution in [0.2, 0.25) is 0 Å². The molecule has 2 saturated heterocycles. The highest BCUT2D eigenvalue weighted by atomic mass is 16.6. The molecule has 3 aliphatic rings. The van der Waals surface area contributed by atoms with Gasteiger partial charge in [0.05, 0.1) is 0 Å². The van der Waals surface area contributed by atoms with Crippen molar-refractivity contribution >= 4 is 12.0 Å². The molecule has 37 heavy (non-hydrogen) atoms. The topological polar surface area (TPSA) is 53.1 Å². The van der Waals surface area contributed by atoms with Crippen molar-refractivity contribution in [1.82, 2.24) is 14.7 Å². The van der Waals surface area contributed by atoms with Crippen LogP contribution in [0.15, 0.2) is 97.1 Å². The molecule has 0 N–H and O–H groups in total. The Morgan fingerprint density at radius 3 is 2.27 bits per heavy atom. The molecule has 0 spiro atoms. The summed E-state index contributed by atoms with van der Waals surface area (Å²) in [6.07, 6.45) is 5.16. The first-order chi connectivity index (χ1) is 18.1. The maximum Gasteiger partial charge on any atom is 0.411 e. The average Bonchev–Trinajstić information content (AvgIpc) is 3.27. The van der Waals surface area contributed by atoms with Crippen molar-refractivity contribution in [2.24, 2.45) is 0 Å². The van der Waals surface area contributed by atoms with Gasteiger partial charge >= 0.3 is 6.09 Å². The van der Waals surface area contributed by atoms with Crippen LogP contribution < -0.4 is 0 Å². The number of hydrogen-bond donors (Lipinski definition) is 0. The summed E-state index contributed by atoms with van der Waals surface area (Å²) in [5.41, 5.74) is 2.67. The van der Waals surface area contributed by atoms with Gasteiger partial charge in [-0.05, 0) is 24.1 Å². The Morgan fingerprint density at radius 2 is 1.59 bits per heavy atom. The van der Waals surface area contributed by atoms with E-state index >= 15 is 0 Å². The minimum Gasteiger partial charge on any atom is -0.431 e. The van der Waals surface area contributed by atoms with Crippen molar-refractivity contribution in [1.29, 1.82) is 0 Å². The maximum atomic E-state index is 13.8. The molecule has 0 saturated carbocycles. The summed E-state index contributed by atoms with van der Waals surface area (Å²) in [4.78, 5) is 33.0. The van der Waals surface area contributed by atoms with Crippen molar-refractivity contribution < 1.29 is 14.3 Å². The third kappa shape index (κ3) is 4.31. The lowest BCUT2D eigenvalue weighted by Gasteiger charge is -2.42. The summed E-state index contributed by atoms with van der Waals surface area (Å²) >= 11 is 0. The predicted octanol–water partition coefficient (Wildman–Crippen LogP) is 4.67. The van der Waals surface area contributed by atoms with Gasteiger partial charge in [-0.2, -0.15) is 0 Å². The first kappa shape index (κ1) is 23.5. The molecule has 0 radical (unpaired) electrons. The van der Waals surface area contributed by atoms with Crippen LogP contribution in [0.4, 0.5) is 4.79 Å². The van der Waals surface area contributed by atoms with Crippen molar-refractivity contribution in [2.75, 3.05) is 32.7 Å². The fourth-order valence-electron chi connectivity index (χ4n) is 5.92. The fourth-order valence-corrected chi connectivity index (χ4v) is 5.92. The Kier molecular flexibility index (Phi) is 6.26. The van der Waals surface area contributed by atoms with Crippen LogP contribution in [0.1, 0.15) is 33.5 Å². The number of hydrogen-bond acceptors (Lipinski definition) is 4. The number of cyclic esters (lactones) is 1. The lowest BCUT2D eigenvalue weighted by atomic mass is 9.79. The molecule has 3 aliphatic heterocycles. The van der Waals surface area contributed by atoms with Crippen LogP contribution in [0, 0.1) is 0 Å². The maximum absolute atomic E-state index is 13.8. The zero-order valence-corrected chi connectivity index (χ0v) is 20.8. The summed E-state index contributed by atoms with van der Waals surface area (Å²) in [5, 5.41) is 0.